The summed E-state index contributed by atoms with van der Waals surface area (Å²) in [6.07, 6.45) is 1.78. The first-order chi connectivity index (χ1) is 6.16. The van der Waals surface area contributed by atoms with Crippen LogP contribution >= 0.6 is 0 Å². The second-order valence-corrected chi connectivity index (χ2v) is 2.40. The first-order valence-corrected chi connectivity index (χ1v) is 3.84. The van der Waals surface area contributed by atoms with Crippen LogP contribution in [0.25, 0.3) is 0 Å². The number of carbonyl (C=O) groups excluding carboxylic acids is 1. The van der Waals surface area contributed by atoms with Crippen LogP contribution in [-0.2, 0) is 0 Å². The smallest absolute Gasteiger partial charge is 0.415 e. The highest BCUT2D eigenvalue weighted by Gasteiger charge is 2.18. The number of amides is 2. The minimum atomic E-state index is -1.23. The normalized spacial score (nSPS) is 9.62. The van der Waals surface area contributed by atoms with Gasteiger partial charge in [-0.05, 0) is 19.1 Å². The molecule has 70 valence electrons. The molecule has 0 radical (unpaired) electrons. The zero-order chi connectivity index (χ0) is 9.84. The number of hydrogen-bond donors (Lipinski definition) is 1. The van der Waals surface area contributed by atoms with Crippen molar-refractivity contribution in [3.8, 4) is 0 Å². The van der Waals surface area contributed by atoms with Gasteiger partial charge in [-0.1, -0.05) is 0 Å². The summed E-state index contributed by atoms with van der Waals surface area (Å²) >= 11 is 0. The molecule has 1 aromatic rings. The van der Waals surface area contributed by atoms with Crippen molar-refractivity contribution in [2.75, 3.05) is 6.54 Å². The lowest BCUT2D eigenvalue weighted by Crippen LogP contribution is -2.37. The molecule has 5 nitrogen and oxygen atoms in total. The second-order valence-electron chi connectivity index (χ2n) is 2.40. The summed E-state index contributed by atoms with van der Waals surface area (Å²) in [5.41, 5.74) is 0. The number of rotatable bonds is 1. The Labute approximate surface area is 75.2 Å². The van der Waals surface area contributed by atoms with Gasteiger partial charge in [0.05, 0.1) is 0 Å². The molecule has 0 bridgehead atoms. The molecule has 1 heterocycles. The molecule has 0 aliphatic rings. The van der Waals surface area contributed by atoms with Crippen LogP contribution in [0, 0.1) is 0 Å². The molecule has 0 aliphatic carbocycles. The molecule has 1 aromatic heterocycles. The van der Waals surface area contributed by atoms with Gasteiger partial charge < -0.3 is 5.11 Å². The Balaban J connectivity index is 2.83. The zero-order valence-corrected chi connectivity index (χ0v) is 7.17. The van der Waals surface area contributed by atoms with E-state index in [1.165, 1.54) is 17.0 Å². The Bertz CT molecular complexity index is 305. The highest BCUT2D eigenvalue weighted by atomic mass is 16.4. The average molecular weight is 182 g/mol. The van der Waals surface area contributed by atoms with E-state index in [9.17, 15) is 9.59 Å². The highest BCUT2D eigenvalue weighted by molar-refractivity contribution is 5.91. The molecular weight excluding hydrogens is 172 g/mol. The lowest BCUT2D eigenvalue weighted by molar-refractivity contribution is 0.150. The maximum absolute atomic E-state index is 11.4. The standard InChI is InChI=1S/C8H10N2O3/c1-2-10(8(12)13)7(11)9-5-3-4-6-9/h3-6H,2H2,1H3,(H,12,13). The number of carboxylic acid groups (broad SMARTS) is 1. The summed E-state index contributed by atoms with van der Waals surface area (Å²) in [6.45, 7) is 1.75. The van der Waals surface area contributed by atoms with Gasteiger partial charge in [0.1, 0.15) is 0 Å². The summed E-state index contributed by atoms with van der Waals surface area (Å²) in [7, 11) is 0. The van der Waals surface area contributed by atoms with Crippen molar-refractivity contribution in [2.45, 2.75) is 6.92 Å². The molecule has 0 saturated carbocycles. The van der Waals surface area contributed by atoms with Gasteiger partial charge >= 0.3 is 12.1 Å². The van der Waals surface area contributed by atoms with Crippen molar-refractivity contribution in [1.82, 2.24) is 9.47 Å². The van der Waals surface area contributed by atoms with Gasteiger partial charge in [0, 0.05) is 18.9 Å². The fourth-order valence-electron chi connectivity index (χ4n) is 0.954. The molecule has 0 spiro atoms. The molecule has 5 heteroatoms. The van der Waals surface area contributed by atoms with E-state index in [-0.39, 0.29) is 6.54 Å². The van der Waals surface area contributed by atoms with Crippen LogP contribution in [0.3, 0.4) is 0 Å². The van der Waals surface area contributed by atoms with Gasteiger partial charge in [-0.15, -0.1) is 0 Å². The fraction of sp³-hybridized carbons (Fsp3) is 0.250. The first kappa shape index (κ1) is 9.31. The van der Waals surface area contributed by atoms with E-state index in [2.05, 4.69) is 0 Å². The van der Waals surface area contributed by atoms with Crippen molar-refractivity contribution in [3.05, 3.63) is 24.5 Å². The van der Waals surface area contributed by atoms with Gasteiger partial charge in [-0.3, -0.25) is 4.57 Å². The predicted molar refractivity (Wildman–Crippen MR) is 45.6 cm³/mol. The lowest BCUT2D eigenvalue weighted by atomic mass is 10.6. The molecule has 0 fully saturated rings. The Kier molecular flexibility index (Phi) is 2.69. The third-order valence-corrected chi connectivity index (χ3v) is 1.60. The third kappa shape index (κ3) is 1.87. The molecule has 0 aliphatic heterocycles. The van der Waals surface area contributed by atoms with E-state index in [1.54, 1.807) is 19.1 Å². The van der Waals surface area contributed by atoms with Crippen LogP contribution in [0.5, 0.6) is 0 Å². The van der Waals surface area contributed by atoms with Crippen LogP contribution < -0.4 is 0 Å². The third-order valence-electron chi connectivity index (χ3n) is 1.60. The summed E-state index contributed by atoms with van der Waals surface area (Å²) in [4.78, 5) is 22.7. The van der Waals surface area contributed by atoms with Gasteiger partial charge in [0.2, 0.25) is 0 Å². The van der Waals surface area contributed by atoms with Gasteiger partial charge in [0.15, 0.2) is 0 Å². The molecule has 13 heavy (non-hydrogen) atoms. The molecular formula is C8H10N2O3. The van der Waals surface area contributed by atoms with Crippen molar-refractivity contribution < 1.29 is 14.7 Å². The quantitative estimate of drug-likeness (QED) is 0.715. The van der Waals surface area contributed by atoms with E-state index in [4.69, 9.17) is 5.11 Å². The van der Waals surface area contributed by atoms with Crippen molar-refractivity contribution >= 4 is 12.1 Å². The number of hydrogen-bond acceptors (Lipinski definition) is 2. The van der Waals surface area contributed by atoms with Gasteiger partial charge in [-0.25, -0.2) is 14.5 Å². The van der Waals surface area contributed by atoms with Crippen molar-refractivity contribution in [2.24, 2.45) is 0 Å². The molecule has 0 saturated heterocycles. The van der Waals surface area contributed by atoms with Crippen LogP contribution in [0.4, 0.5) is 9.59 Å². The van der Waals surface area contributed by atoms with E-state index in [0.717, 1.165) is 4.90 Å². The Morgan fingerprint density at radius 2 is 1.92 bits per heavy atom. The van der Waals surface area contributed by atoms with Crippen LogP contribution in [-0.4, -0.2) is 33.2 Å². The summed E-state index contributed by atoms with van der Waals surface area (Å²) in [6, 6.07) is 2.77. The van der Waals surface area contributed by atoms with Crippen LogP contribution in [0.15, 0.2) is 24.5 Å². The minimum Gasteiger partial charge on any atom is -0.465 e. The maximum atomic E-state index is 11.4. The van der Waals surface area contributed by atoms with Crippen LogP contribution in [0.1, 0.15) is 6.92 Å². The minimum absolute atomic E-state index is 0.145. The Morgan fingerprint density at radius 3 is 2.31 bits per heavy atom. The molecule has 0 atom stereocenters. The van der Waals surface area contributed by atoms with E-state index in [0.29, 0.717) is 0 Å². The molecule has 1 N–H and O–H groups in total. The average Bonchev–Trinajstić information content (AvgIpc) is 2.56. The van der Waals surface area contributed by atoms with E-state index in [1.807, 2.05) is 0 Å². The first-order valence-electron chi connectivity index (χ1n) is 3.84. The largest absolute Gasteiger partial charge is 0.465 e. The molecule has 0 unspecified atom stereocenters. The topological polar surface area (TPSA) is 62.5 Å². The molecule has 0 aromatic carbocycles. The van der Waals surface area contributed by atoms with Gasteiger partial charge in [-0.2, -0.15) is 0 Å². The summed E-state index contributed by atoms with van der Waals surface area (Å²) < 4.78 is 1.22. The van der Waals surface area contributed by atoms with Crippen molar-refractivity contribution in [3.63, 3.8) is 0 Å². The number of aromatic nitrogens is 1. The van der Waals surface area contributed by atoms with E-state index < -0.39 is 12.1 Å². The van der Waals surface area contributed by atoms with Crippen molar-refractivity contribution in [1.29, 1.82) is 0 Å². The second kappa shape index (κ2) is 3.75. The molecule has 1 rings (SSSR count). The van der Waals surface area contributed by atoms with Crippen LogP contribution in [0.2, 0.25) is 0 Å². The predicted octanol–water partition coefficient (Wildman–Crippen LogP) is 1.46. The molecule has 2 amide bonds. The highest BCUT2D eigenvalue weighted by Crippen LogP contribution is 1.98. The lowest BCUT2D eigenvalue weighted by Gasteiger charge is -2.14. The number of imide groups is 1. The monoisotopic (exact) mass is 182 g/mol. The summed E-state index contributed by atoms with van der Waals surface area (Å²) in [5, 5.41) is 8.63. The number of nitrogens with zero attached hydrogens (tertiary/aromatic N) is 2. The zero-order valence-electron chi connectivity index (χ0n) is 7.17. The fourth-order valence-corrected chi connectivity index (χ4v) is 0.954. The van der Waals surface area contributed by atoms with Gasteiger partial charge in [0.25, 0.3) is 0 Å². The number of carbonyl (C=O) groups is 2. The SMILES string of the molecule is CCN(C(=O)O)C(=O)n1cccc1. The maximum Gasteiger partial charge on any atom is 0.415 e. The van der Waals surface area contributed by atoms with E-state index >= 15 is 0 Å². The summed E-state index contributed by atoms with van der Waals surface area (Å²) in [5.74, 6) is 0. The Morgan fingerprint density at radius 1 is 1.38 bits per heavy atom. The Hall–Kier alpha value is -1.78.